The molecule has 5 nitrogen and oxygen atoms in total. The second-order valence-electron chi connectivity index (χ2n) is 0.876. The monoisotopic (exact) mass is 162 g/mol. The summed E-state index contributed by atoms with van der Waals surface area (Å²) in [5, 5.41) is 7.57. The fourth-order valence-electron chi connectivity index (χ4n) is 0. The molecule has 0 aliphatic heterocycles. The van der Waals surface area contributed by atoms with Crippen LogP contribution in [0.25, 0.3) is 0 Å². The molecule has 0 bridgehead atoms. The van der Waals surface area contributed by atoms with Crippen LogP contribution in [0.1, 0.15) is 6.92 Å². The standard InChI is InChI=1S/C2H6O.FH2O4P/c1-2-3;1-5-6(2,3)4/h3H,2H2,1H3;(H2,2,3,4). The van der Waals surface area contributed by atoms with E-state index < -0.39 is 7.82 Å². The Morgan fingerprint density at radius 1 is 1.67 bits per heavy atom. The van der Waals surface area contributed by atoms with Gasteiger partial charge in [-0.2, -0.15) is 0 Å². The summed E-state index contributed by atoms with van der Waals surface area (Å²) >= 11 is 0. The normalized spacial score (nSPS) is 9.89. The zero-order valence-electron chi connectivity index (χ0n) is 4.69. The molecule has 0 saturated carbocycles. The Balaban J connectivity index is 0. The average molecular weight is 162 g/mol. The molecule has 3 N–H and O–H groups in total. The number of hydrogen-bond donors (Lipinski definition) is 3. The summed E-state index contributed by atoms with van der Waals surface area (Å²) in [6.07, 6.45) is 0. The lowest BCUT2D eigenvalue weighted by molar-refractivity contribution is -0.0389. The molecule has 0 aliphatic carbocycles. The van der Waals surface area contributed by atoms with Crippen molar-refractivity contribution in [3.05, 3.63) is 0 Å². The van der Waals surface area contributed by atoms with Crippen LogP contribution in [0.3, 0.4) is 0 Å². The summed E-state index contributed by atoms with van der Waals surface area (Å²) in [6, 6.07) is 0. The predicted octanol–water partition coefficient (Wildman–Crippen LogP) is -0.0212. The molecular weight excluding hydrogens is 154 g/mol. The number of rotatable bonds is 1. The van der Waals surface area contributed by atoms with Gasteiger partial charge in [-0.25, -0.2) is 4.57 Å². The number of aliphatic hydroxyl groups is 1. The Morgan fingerprint density at radius 2 is 1.78 bits per heavy atom. The van der Waals surface area contributed by atoms with E-state index in [1.807, 2.05) is 0 Å². The maximum atomic E-state index is 10.2. The van der Waals surface area contributed by atoms with Gasteiger partial charge >= 0.3 is 7.82 Å². The van der Waals surface area contributed by atoms with Crippen LogP contribution in [0.4, 0.5) is 4.53 Å². The summed E-state index contributed by atoms with van der Waals surface area (Å²) in [5.41, 5.74) is 0. The molecule has 0 rings (SSSR count). The van der Waals surface area contributed by atoms with Gasteiger partial charge in [0.1, 0.15) is 0 Å². The SMILES string of the molecule is CCO.O=P(O)(O)OF. The Morgan fingerprint density at radius 3 is 1.78 bits per heavy atom. The van der Waals surface area contributed by atoms with Gasteiger partial charge in [-0.05, 0) is 11.4 Å². The second-order valence-corrected chi connectivity index (χ2v) is 1.99. The smallest absolute Gasteiger partial charge is 0.397 e. The Labute approximate surface area is 51.2 Å². The first-order chi connectivity index (χ1) is 3.97. The lowest BCUT2D eigenvalue weighted by Gasteiger charge is -1.87. The van der Waals surface area contributed by atoms with E-state index in [9.17, 15) is 4.53 Å². The Bertz CT molecular complexity index is 89.0. The molecule has 58 valence electrons. The molecule has 0 aromatic heterocycles. The number of hydrogen-bond acceptors (Lipinski definition) is 3. The van der Waals surface area contributed by atoms with E-state index >= 15 is 0 Å². The minimum Gasteiger partial charge on any atom is -0.397 e. The summed E-state index contributed by atoms with van der Waals surface area (Å²) in [7, 11) is -4.81. The molecule has 7 heteroatoms. The maximum Gasteiger partial charge on any atom is 0.500 e. The average Bonchev–Trinajstić information content (AvgIpc) is 1.67. The van der Waals surface area contributed by atoms with E-state index in [-0.39, 0.29) is 6.61 Å². The summed E-state index contributed by atoms with van der Waals surface area (Å²) in [6.45, 7) is 1.93. The van der Waals surface area contributed by atoms with E-state index in [1.165, 1.54) is 0 Å². The van der Waals surface area contributed by atoms with Gasteiger partial charge in [0.2, 0.25) is 0 Å². The Kier molecular flexibility index (Phi) is 8.00. The molecule has 0 saturated heterocycles. The van der Waals surface area contributed by atoms with E-state index in [0.29, 0.717) is 0 Å². The molecule has 0 radical (unpaired) electrons. The highest BCUT2D eigenvalue weighted by Crippen LogP contribution is 2.35. The third-order valence-corrected chi connectivity index (χ3v) is 0.270. The van der Waals surface area contributed by atoms with Crippen LogP contribution in [0.2, 0.25) is 0 Å². The molecule has 0 fully saturated rings. The minimum atomic E-state index is -4.81. The lowest BCUT2D eigenvalue weighted by Crippen LogP contribution is -1.71. The second kappa shape index (κ2) is 6.12. The molecular formula is C2H8FO5P. The van der Waals surface area contributed by atoms with Crippen molar-refractivity contribution in [1.29, 1.82) is 0 Å². The summed E-state index contributed by atoms with van der Waals surface area (Å²) < 4.78 is 21.4. The van der Waals surface area contributed by atoms with Crippen LogP contribution in [0.5, 0.6) is 0 Å². The zero-order valence-corrected chi connectivity index (χ0v) is 5.58. The van der Waals surface area contributed by atoms with E-state index in [1.54, 1.807) is 6.92 Å². The van der Waals surface area contributed by atoms with E-state index in [4.69, 9.17) is 19.5 Å². The highest BCUT2D eigenvalue weighted by atomic mass is 31.2. The highest BCUT2D eigenvalue weighted by Gasteiger charge is 2.12. The van der Waals surface area contributed by atoms with Crippen molar-refractivity contribution in [2.45, 2.75) is 6.92 Å². The van der Waals surface area contributed by atoms with Crippen molar-refractivity contribution in [2.24, 2.45) is 0 Å². The van der Waals surface area contributed by atoms with Gasteiger partial charge < -0.3 is 14.9 Å². The minimum absolute atomic E-state index is 0.250. The van der Waals surface area contributed by atoms with Crippen molar-refractivity contribution in [2.75, 3.05) is 6.61 Å². The maximum absolute atomic E-state index is 10.2. The largest absolute Gasteiger partial charge is 0.500 e. The van der Waals surface area contributed by atoms with Crippen molar-refractivity contribution >= 4 is 7.82 Å². The third kappa shape index (κ3) is 32.0. The van der Waals surface area contributed by atoms with Crippen molar-refractivity contribution in [1.82, 2.24) is 0 Å². The van der Waals surface area contributed by atoms with Crippen LogP contribution in [0.15, 0.2) is 0 Å². The van der Waals surface area contributed by atoms with Gasteiger partial charge in [-0.15, -0.1) is 0 Å². The van der Waals surface area contributed by atoms with Gasteiger partial charge in [-0.3, -0.25) is 0 Å². The molecule has 0 unspecified atom stereocenters. The number of aliphatic hydroxyl groups excluding tert-OH is 1. The lowest BCUT2D eigenvalue weighted by atomic mass is 10.9. The summed E-state index contributed by atoms with van der Waals surface area (Å²) in [4.78, 5) is 14.7. The van der Waals surface area contributed by atoms with Crippen LogP contribution in [-0.2, 0) is 9.29 Å². The van der Waals surface area contributed by atoms with Gasteiger partial charge in [0.15, 0.2) is 0 Å². The van der Waals surface area contributed by atoms with Crippen LogP contribution >= 0.6 is 7.82 Å². The first-order valence-electron chi connectivity index (χ1n) is 1.94. The first-order valence-corrected chi connectivity index (χ1v) is 3.47. The first kappa shape index (κ1) is 11.8. The number of halogens is 1. The molecule has 0 aromatic carbocycles. The van der Waals surface area contributed by atoms with Crippen LogP contribution < -0.4 is 0 Å². The van der Waals surface area contributed by atoms with Gasteiger partial charge in [0.05, 0.1) is 0 Å². The molecule has 0 aromatic rings. The topological polar surface area (TPSA) is 87.0 Å². The third-order valence-electron chi connectivity index (χ3n) is 0.0899. The quantitative estimate of drug-likeness (QED) is 0.471. The zero-order chi connectivity index (χ0) is 7.91. The molecule has 9 heavy (non-hydrogen) atoms. The van der Waals surface area contributed by atoms with Crippen molar-refractivity contribution in [3.63, 3.8) is 0 Å². The predicted molar refractivity (Wildman–Crippen MR) is 27.0 cm³/mol. The van der Waals surface area contributed by atoms with Crippen LogP contribution in [-0.4, -0.2) is 21.5 Å². The fourth-order valence-corrected chi connectivity index (χ4v) is 0. The molecule has 0 aliphatic rings. The molecule has 0 amide bonds. The van der Waals surface area contributed by atoms with Gasteiger partial charge in [0.25, 0.3) is 0 Å². The highest BCUT2D eigenvalue weighted by molar-refractivity contribution is 7.46. The molecule has 0 heterocycles. The van der Waals surface area contributed by atoms with Crippen molar-refractivity contribution < 1.29 is 28.7 Å². The van der Waals surface area contributed by atoms with Crippen LogP contribution in [0, 0.1) is 0 Å². The summed E-state index contributed by atoms with van der Waals surface area (Å²) in [5.74, 6) is 0. The number of phosphoric acid groups is 1. The van der Waals surface area contributed by atoms with E-state index in [0.717, 1.165) is 0 Å². The van der Waals surface area contributed by atoms with Crippen molar-refractivity contribution in [3.8, 4) is 0 Å². The van der Waals surface area contributed by atoms with E-state index in [2.05, 4.69) is 4.73 Å². The Hall–Kier alpha value is -0.0000000000000000555. The van der Waals surface area contributed by atoms with Gasteiger partial charge in [-0.1, -0.05) is 4.73 Å². The molecule has 0 spiro atoms. The van der Waals surface area contributed by atoms with Gasteiger partial charge in [0, 0.05) is 6.61 Å². The molecule has 0 atom stereocenters. The fraction of sp³-hybridized carbons (Fsp3) is 1.00.